The monoisotopic (exact) mass is 474 g/mol. The minimum absolute atomic E-state index is 0.00890. The molecule has 0 saturated carbocycles. The number of nitrogens with two attached hydrogens (primary N) is 1. The first-order valence-corrected chi connectivity index (χ1v) is 12.5. The van der Waals surface area contributed by atoms with Gasteiger partial charge < -0.3 is 20.9 Å². The highest BCUT2D eigenvalue weighted by Gasteiger charge is 2.35. The minimum Gasteiger partial charge on any atom is -0.368 e. The van der Waals surface area contributed by atoms with E-state index in [1.807, 2.05) is 48.7 Å². The van der Waals surface area contributed by atoms with Gasteiger partial charge in [0.25, 0.3) is 0 Å². The number of aromatic nitrogens is 1. The lowest BCUT2D eigenvalue weighted by Gasteiger charge is -2.26. The molecule has 0 bridgehead atoms. The van der Waals surface area contributed by atoms with Gasteiger partial charge in [-0.15, -0.1) is 0 Å². The van der Waals surface area contributed by atoms with E-state index in [0.717, 1.165) is 48.6 Å². The number of benzene rings is 2. The van der Waals surface area contributed by atoms with Gasteiger partial charge in [-0.2, -0.15) is 0 Å². The van der Waals surface area contributed by atoms with E-state index in [9.17, 15) is 14.4 Å². The van der Waals surface area contributed by atoms with Crippen molar-refractivity contribution in [3.8, 4) is 0 Å². The molecule has 4 rings (SSSR count). The predicted molar refractivity (Wildman–Crippen MR) is 136 cm³/mol. The molecule has 1 aliphatic heterocycles. The first-order chi connectivity index (χ1) is 17.0. The maximum atomic E-state index is 13.1. The molecule has 3 aromatic rings. The normalized spacial score (nSPS) is 16.3. The molecule has 1 aliphatic rings. The molecule has 7 nitrogen and oxygen atoms in total. The SMILES string of the molecule is NC(=O)C(Cc1c[nH]c2ccccc12)NC(=O)C1CCCN1C(=O)CCCCCc1ccccc1. The Morgan fingerprint density at radius 1 is 1.03 bits per heavy atom. The zero-order chi connectivity index (χ0) is 24.6. The summed E-state index contributed by atoms with van der Waals surface area (Å²) in [5.41, 5.74) is 8.82. The number of rotatable bonds is 11. The summed E-state index contributed by atoms with van der Waals surface area (Å²) in [6.07, 6.45) is 7.78. The number of amides is 3. The summed E-state index contributed by atoms with van der Waals surface area (Å²) >= 11 is 0. The lowest BCUT2D eigenvalue weighted by Crippen LogP contribution is -2.53. The highest BCUT2D eigenvalue weighted by Crippen LogP contribution is 2.22. The molecule has 7 heteroatoms. The van der Waals surface area contributed by atoms with Crippen LogP contribution in [0.5, 0.6) is 0 Å². The van der Waals surface area contributed by atoms with Crippen LogP contribution in [0.3, 0.4) is 0 Å². The Balaban J connectivity index is 1.28. The van der Waals surface area contributed by atoms with Crippen molar-refractivity contribution in [2.45, 2.75) is 63.5 Å². The van der Waals surface area contributed by atoms with Crippen molar-refractivity contribution in [1.82, 2.24) is 15.2 Å². The van der Waals surface area contributed by atoms with Crippen molar-refractivity contribution < 1.29 is 14.4 Å². The Bertz CT molecular complexity index is 1160. The van der Waals surface area contributed by atoms with E-state index >= 15 is 0 Å². The number of primary amides is 1. The molecule has 2 unspecified atom stereocenters. The molecule has 1 fully saturated rings. The van der Waals surface area contributed by atoms with Crippen LogP contribution >= 0.6 is 0 Å². The van der Waals surface area contributed by atoms with E-state index < -0.39 is 18.0 Å². The molecule has 0 radical (unpaired) electrons. The van der Waals surface area contributed by atoms with Crippen molar-refractivity contribution in [2.24, 2.45) is 5.73 Å². The lowest BCUT2D eigenvalue weighted by molar-refractivity contribution is -0.139. The van der Waals surface area contributed by atoms with Crippen LogP contribution in [-0.4, -0.2) is 46.2 Å². The topological polar surface area (TPSA) is 108 Å². The third-order valence-corrected chi connectivity index (χ3v) is 6.83. The second-order valence-corrected chi connectivity index (χ2v) is 9.32. The molecule has 1 saturated heterocycles. The Morgan fingerprint density at radius 3 is 2.60 bits per heavy atom. The molecule has 3 amide bonds. The molecular weight excluding hydrogens is 440 g/mol. The maximum absolute atomic E-state index is 13.1. The van der Waals surface area contributed by atoms with Crippen molar-refractivity contribution in [3.63, 3.8) is 0 Å². The third-order valence-electron chi connectivity index (χ3n) is 6.83. The van der Waals surface area contributed by atoms with E-state index in [4.69, 9.17) is 5.73 Å². The number of hydrogen-bond acceptors (Lipinski definition) is 3. The number of carbonyl (C=O) groups is 3. The summed E-state index contributed by atoms with van der Waals surface area (Å²) in [5.74, 6) is -0.879. The van der Waals surface area contributed by atoms with Gasteiger partial charge in [0.1, 0.15) is 12.1 Å². The Morgan fingerprint density at radius 2 is 1.80 bits per heavy atom. The van der Waals surface area contributed by atoms with E-state index in [2.05, 4.69) is 22.4 Å². The van der Waals surface area contributed by atoms with Gasteiger partial charge in [-0.3, -0.25) is 14.4 Å². The zero-order valence-electron chi connectivity index (χ0n) is 20.0. The molecule has 4 N–H and O–H groups in total. The van der Waals surface area contributed by atoms with Crippen molar-refractivity contribution in [2.75, 3.05) is 6.54 Å². The summed E-state index contributed by atoms with van der Waals surface area (Å²) in [5, 5.41) is 3.82. The number of H-pyrrole nitrogens is 1. The van der Waals surface area contributed by atoms with Crippen LogP contribution in [0.15, 0.2) is 60.8 Å². The van der Waals surface area contributed by atoms with Crippen LogP contribution in [0.2, 0.25) is 0 Å². The summed E-state index contributed by atoms with van der Waals surface area (Å²) in [7, 11) is 0. The van der Waals surface area contributed by atoms with Gasteiger partial charge in [0.05, 0.1) is 0 Å². The number of likely N-dealkylation sites (tertiary alicyclic amines) is 1. The van der Waals surface area contributed by atoms with E-state index in [-0.39, 0.29) is 11.8 Å². The number of para-hydroxylation sites is 1. The van der Waals surface area contributed by atoms with Gasteiger partial charge in [0, 0.05) is 36.5 Å². The number of aryl methyl sites for hydroxylation is 1. The van der Waals surface area contributed by atoms with Crippen LogP contribution < -0.4 is 11.1 Å². The standard InChI is InChI=1S/C28H34N4O3/c29-27(34)24(18-21-19-30-23-14-8-7-13-22(21)23)31-28(35)25-15-9-17-32(25)26(33)16-6-2-5-12-20-10-3-1-4-11-20/h1,3-4,7-8,10-11,13-14,19,24-25,30H,2,5-6,9,12,15-18H2,(H2,29,34)(H,31,35). The Kier molecular flexibility index (Phi) is 8.19. The third kappa shape index (κ3) is 6.29. The molecular formula is C28H34N4O3. The zero-order valence-corrected chi connectivity index (χ0v) is 20.0. The number of hydrogen-bond donors (Lipinski definition) is 3. The number of unbranched alkanes of at least 4 members (excludes halogenated alkanes) is 2. The number of nitrogens with one attached hydrogen (secondary N) is 2. The summed E-state index contributed by atoms with van der Waals surface area (Å²) < 4.78 is 0. The van der Waals surface area contributed by atoms with Crippen LogP contribution in [0.25, 0.3) is 10.9 Å². The van der Waals surface area contributed by atoms with Crippen molar-refractivity contribution in [3.05, 3.63) is 71.9 Å². The predicted octanol–water partition coefficient (Wildman–Crippen LogP) is 3.47. The molecule has 2 atom stereocenters. The average Bonchev–Trinajstić information content (AvgIpc) is 3.52. The largest absolute Gasteiger partial charge is 0.368 e. The smallest absolute Gasteiger partial charge is 0.243 e. The molecule has 2 heterocycles. The number of nitrogens with zero attached hydrogens (tertiary/aromatic N) is 1. The summed E-state index contributed by atoms with van der Waals surface area (Å²) in [6.45, 7) is 0.574. The second-order valence-electron chi connectivity index (χ2n) is 9.32. The minimum atomic E-state index is -0.836. The van der Waals surface area contributed by atoms with Crippen LogP contribution in [0.4, 0.5) is 0 Å². The van der Waals surface area contributed by atoms with Gasteiger partial charge >= 0.3 is 0 Å². The number of aromatic amines is 1. The summed E-state index contributed by atoms with van der Waals surface area (Å²) in [6, 6.07) is 16.8. The fraction of sp³-hybridized carbons (Fsp3) is 0.393. The van der Waals surface area contributed by atoms with E-state index in [1.54, 1.807) is 4.90 Å². The molecule has 0 spiro atoms. The Hall–Kier alpha value is -3.61. The molecule has 1 aromatic heterocycles. The quantitative estimate of drug-likeness (QED) is 0.370. The molecule has 2 aromatic carbocycles. The fourth-order valence-corrected chi connectivity index (χ4v) is 4.92. The number of fused-ring (bicyclic) bond motifs is 1. The van der Waals surface area contributed by atoms with Gasteiger partial charge in [0.2, 0.25) is 17.7 Å². The first-order valence-electron chi connectivity index (χ1n) is 12.5. The number of carbonyl (C=O) groups excluding carboxylic acids is 3. The molecule has 0 aliphatic carbocycles. The van der Waals surface area contributed by atoms with Crippen LogP contribution in [0.1, 0.15) is 49.7 Å². The first kappa shape index (κ1) is 24.5. The second kappa shape index (κ2) is 11.7. The molecule has 35 heavy (non-hydrogen) atoms. The Labute approximate surface area is 206 Å². The highest BCUT2D eigenvalue weighted by atomic mass is 16.2. The average molecular weight is 475 g/mol. The van der Waals surface area contributed by atoms with Gasteiger partial charge in [0.15, 0.2) is 0 Å². The van der Waals surface area contributed by atoms with E-state index in [1.165, 1.54) is 5.56 Å². The fourth-order valence-electron chi connectivity index (χ4n) is 4.92. The van der Waals surface area contributed by atoms with Gasteiger partial charge in [-0.1, -0.05) is 55.0 Å². The van der Waals surface area contributed by atoms with Crippen LogP contribution in [0, 0.1) is 0 Å². The summed E-state index contributed by atoms with van der Waals surface area (Å²) in [4.78, 5) is 43.0. The molecule has 184 valence electrons. The van der Waals surface area contributed by atoms with Crippen molar-refractivity contribution in [1.29, 1.82) is 0 Å². The van der Waals surface area contributed by atoms with Crippen LogP contribution in [-0.2, 0) is 27.2 Å². The van der Waals surface area contributed by atoms with Gasteiger partial charge in [-0.25, -0.2) is 0 Å². The highest BCUT2D eigenvalue weighted by molar-refractivity contribution is 5.92. The van der Waals surface area contributed by atoms with Gasteiger partial charge in [-0.05, 0) is 49.3 Å². The lowest BCUT2D eigenvalue weighted by atomic mass is 10.0. The maximum Gasteiger partial charge on any atom is 0.243 e. The van der Waals surface area contributed by atoms with E-state index in [0.29, 0.717) is 25.8 Å². The van der Waals surface area contributed by atoms with Crippen molar-refractivity contribution >= 4 is 28.6 Å².